The quantitative estimate of drug-likeness (QED) is 0.444. The van der Waals surface area contributed by atoms with Crippen LogP contribution in [0.5, 0.6) is 5.75 Å². The summed E-state index contributed by atoms with van der Waals surface area (Å²) in [6, 6.07) is 9.63. The molecular weight excluding hydrogens is 304 g/mol. The SMILES string of the molecule is CCCCOc1ccc(/C=N/Nc2oc(C(C)C)nc2C#N)cc1. The third-order valence-electron chi connectivity index (χ3n) is 3.27. The average molecular weight is 326 g/mol. The zero-order valence-electron chi connectivity index (χ0n) is 14.2. The molecule has 0 aliphatic heterocycles. The van der Waals surface area contributed by atoms with E-state index in [4.69, 9.17) is 14.4 Å². The zero-order chi connectivity index (χ0) is 17.4. The molecule has 1 N–H and O–H groups in total. The summed E-state index contributed by atoms with van der Waals surface area (Å²) in [6.45, 7) is 6.76. The van der Waals surface area contributed by atoms with Gasteiger partial charge in [-0.3, -0.25) is 0 Å². The molecule has 6 nitrogen and oxygen atoms in total. The van der Waals surface area contributed by atoms with Gasteiger partial charge in [-0.2, -0.15) is 10.4 Å². The third-order valence-corrected chi connectivity index (χ3v) is 3.27. The van der Waals surface area contributed by atoms with Crippen molar-refractivity contribution in [2.45, 2.75) is 39.5 Å². The van der Waals surface area contributed by atoms with Crippen LogP contribution in [0.1, 0.15) is 56.7 Å². The molecule has 2 rings (SSSR count). The van der Waals surface area contributed by atoms with Crippen molar-refractivity contribution in [2.24, 2.45) is 5.10 Å². The van der Waals surface area contributed by atoms with Gasteiger partial charge in [-0.1, -0.05) is 27.2 Å². The molecule has 2 aromatic rings. The molecular formula is C18H22N4O2. The van der Waals surface area contributed by atoms with Gasteiger partial charge >= 0.3 is 0 Å². The van der Waals surface area contributed by atoms with E-state index in [0.29, 0.717) is 5.89 Å². The molecule has 0 radical (unpaired) electrons. The predicted molar refractivity (Wildman–Crippen MR) is 93.4 cm³/mol. The summed E-state index contributed by atoms with van der Waals surface area (Å²) in [7, 11) is 0. The predicted octanol–water partition coefficient (Wildman–Crippen LogP) is 4.29. The standard InChI is InChI=1S/C18H22N4O2/c1-4-5-10-23-15-8-6-14(7-9-15)12-20-22-18-16(11-19)21-17(24-18)13(2)3/h6-9,12-13,22H,4-5,10H2,1-3H3/b20-12+. The van der Waals surface area contributed by atoms with Gasteiger partial charge in [0.2, 0.25) is 11.6 Å². The van der Waals surface area contributed by atoms with Crippen LogP contribution in [-0.4, -0.2) is 17.8 Å². The summed E-state index contributed by atoms with van der Waals surface area (Å²) in [6.07, 6.45) is 3.81. The van der Waals surface area contributed by atoms with E-state index in [1.807, 2.05) is 44.2 Å². The van der Waals surface area contributed by atoms with E-state index in [1.54, 1.807) is 6.21 Å². The average Bonchev–Trinajstić information content (AvgIpc) is 3.00. The van der Waals surface area contributed by atoms with Gasteiger partial charge in [0.25, 0.3) is 5.88 Å². The Balaban J connectivity index is 1.95. The van der Waals surface area contributed by atoms with Crippen molar-refractivity contribution in [2.75, 3.05) is 12.0 Å². The fourth-order valence-corrected chi connectivity index (χ4v) is 1.89. The van der Waals surface area contributed by atoms with Crippen LogP contribution < -0.4 is 10.2 Å². The van der Waals surface area contributed by atoms with Crippen LogP contribution in [0.2, 0.25) is 0 Å². The lowest BCUT2D eigenvalue weighted by Gasteiger charge is -2.04. The largest absolute Gasteiger partial charge is 0.494 e. The molecule has 0 spiro atoms. The molecule has 0 amide bonds. The maximum Gasteiger partial charge on any atom is 0.252 e. The minimum Gasteiger partial charge on any atom is -0.494 e. The highest BCUT2D eigenvalue weighted by Gasteiger charge is 2.14. The minimum absolute atomic E-state index is 0.108. The number of hydrogen-bond donors (Lipinski definition) is 1. The molecule has 0 saturated carbocycles. The van der Waals surface area contributed by atoms with Gasteiger partial charge in [0.05, 0.1) is 12.8 Å². The number of aromatic nitrogens is 1. The summed E-state index contributed by atoms with van der Waals surface area (Å²) in [5.74, 6) is 1.73. The van der Waals surface area contributed by atoms with Crippen molar-refractivity contribution in [3.05, 3.63) is 41.4 Å². The number of unbranched alkanes of at least 4 members (excludes halogenated alkanes) is 1. The molecule has 0 bridgehead atoms. The summed E-state index contributed by atoms with van der Waals surface area (Å²) >= 11 is 0. The summed E-state index contributed by atoms with van der Waals surface area (Å²) in [5.41, 5.74) is 3.84. The van der Waals surface area contributed by atoms with E-state index in [2.05, 4.69) is 22.4 Å². The number of benzene rings is 1. The van der Waals surface area contributed by atoms with Crippen molar-refractivity contribution in [1.82, 2.24) is 4.98 Å². The number of anilines is 1. The normalized spacial score (nSPS) is 11.0. The van der Waals surface area contributed by atoms with E-state index in [9.17, 15) is 0 Å². The Kier molecular flexibility index (Phi) is 6.38. The number of oxazole rings is 1. The van der Waals surface area contributed by atoms with E-state index >= 15 is 0 Å². The number of hydrazone groups is 1. The Bertz CT molecular complexity index is 712. The summed E-state index contributed by atoms with van der Waals surface area (Å²) in [5, 5.41) is 13.2. The maximum absolute atomic E-state index is 9.07. The van der Waals surface area contributed by atoms with Gasteiger partial charge in [-0.05, 0) is 36.2 Å². The monoisotopic (exact) mass is 326 g/mol. The molecule has 0 fully saturated rings. The van der Waals surface area contributed by atoms with E-state index < -0.39 is 0 Å². The second-order valence-electron chi connectivity index (χ2n) is 5.64. The smallest absolute Gasteiger partial charge is 0.252 e. The Morgan fingerprint density at radius 2 is 2.12 bits per heavy atom. The van der Waals surface area contributed by atoms with Crippen molar-refractivity contribution in [3.8, 4) is 11.8 Å². The third kappa shape index (κ3) is 4.85. The molecule has 126 valence electrons. The first-order chi connectivity index (χ1) is 11.6. The fourth-order valence-electron chi connectivity index (χ4n) is 1.89. The lowest BCUT2D eigenvalue weighted by atomic mass is 10.2. The van der Waals surface area contributed by atoms with Crippen LogP contribution in [0.4, 0.5) is 5.88 Å². The molecule has 0 saturated heterocycles. The molecule has 1 aromatic heterocycles. The molecule has 6 heteroatoms. The Morgan fingerprint density at radius 3 is 2.75 bits per heavy atom. The van der Waals surface area contributed by atoms with Crippen LogP contribution in [0.15, 0.2) is 33.8 Å². The van der Waals surface area contributed by atoms with E-state index in [0.717, 1.165) is 30.8 Å². The number of nitriles is 1. The maximum atomic E-state index is 9.07. The van der Waals surface area contributed by atoms with Gasteiger partial charge < -0.3 is 9.15 Å². The topological polar surface area (TPSA) is 83.4 Å². The van der Waals surface area contributed by atoms with Crippen molar-refractivity contribution >= 4 is 12.1 Å². The van der Waals surface area contributed by atoms with Crippen LogP contribution in [0.3, 0.4) is 0 Å². The number of nitrogens with one attached hydrogen (secondary N) is 1. The highest BCUT2D eigenvalue weighted by Crippen LogP contribution is 2.22. The molecule has 24 heavy (non-hydrogen) atoms. The van der Waals surface area contributed by atoms with E-state index in [-0.39, 0.29) is 17.5 Å². The minimum atomic E-state index is 0.108. The van der Waals surface area contributed by atoms with Crippen molar-refractivity contribution in [1.29, 1.82) is 5.26 Å². The number of rotatable bonds is 8. The molecule has 0 aliphatic rings. The lowest BCUT2D eigenvalue weighted by Crippen LogP contribution is -1.96. The number of ether oxygens (including phenoxy) is 1. The van der Waals surface area contributed by atoms with Crippen LogP contribution in [-0.2, 0) is 0 Å². The Labute approximate surface area is 142 Å². The Morgan fingerprint density at radius 1 is 1.38 bits per heavy atom. The van der Waals surface area contributed by atoms with Crippen LogP contribution >= 0.6 is 0 Å². The first-order valence-corrected chi connectivity index (χ1v) is 8.06. The number of hydrogen-bond acceptors (Lipinski definition) is 6. The van der Waals surface area contributed by atoms with Crippen LogP contribution in [0, 0.1) is 11.3 Å². The number of nitrogens with zero attached hydrogens (tertiary/aromatic N) is 3. The zero-order valence-corrected chi connectivity index (χ0v) is 14.2. The van der Waals surface area contributed by atoms with E-state index in [1.165, 1.54) is 0 Å². The lowest BCUT2D eigenvalue weighted by molar-refractivity contribution is 0.309. The fraction of sp³-hybridized carbons (Fsp3) is 0.389. The molecule has 0 atom stereocenters. The highest BCUT2D eigenvalue weighted by molar-refractivity contribution is 5.80. The Hall–Kier alpha value is -2.81. The van der Waals surface area contributed by atoms with Crippen LogP contribution in [0.25, 0.3) is 0 Å². The van der Waals surface area contributed by atoms with Gasteiger partial charge in [-0.25, -0.2) is 10.4 Å². The second-order valence-corrected chi connectivity index (χ2v) is 5.64. The van der Waals surface area contributed by atoms with Crippen molar-refractivity contribution in [3.63, 3.8) is 0 Å². The van der Waals surface area contributed by atoms with Gasteiger partial charge in [0.1, 0.15) is 11.8 Å². The first-order valence-electron chi connectivity index (χ1n) is 8.06. The van der Waals surface area contributed by atoms with Gasteiger partial charge in [-0.15, -0.1) is 0 Å². The summed E-state index contributed by atoms with van der Waals surface area (Å²) in [4.78, 5) is 4.12. The van der Waals surface area contributed by atoms with Gasteiger partial charge in [0, 0.05) is 5.92 Å². The molecule has 0 unspecified atom stereocenters. The second kappa shape index (κ2) is 8.73. The highest BCUT2D eigenvalue weighted by atomic mass is 16.5. The molecule has 1 heterocycles. The molecule has 0 aliphatic carbocycles. The van der Waals surface area contributed by atoms with Gasteiger partial charge in [0.15, 0.2) is 0 Å². The molecule has 1 aromatic carbocycles. The van der Waals surface area contributed by atoms with Crippen molar-refractivity contribution < 1.29 is 9.15 Å². The summed E-state index contributed by atoms with van der Waals surface area (Å²) < 4.78 is 11.1. The first kappa shape index (κ1) is 17.5.